The Morgan fingerprint density at radius 2 is 1.74 bits per heavy atom. The summed E-state index contributed by atoms with van der Waals surface area (Å²) in [6.45, 7) is 4.04. The molecule has 1 aromatic heterocycles. The van der Waals surface area contributed by atoms with Gasteiger partial charge in [-0.25, -0.2) is 4.68 Å². The van der Waals surface area contributed by atoms with Crippen LogP contribution in [0.15, 0.2) is 79.4 Å². The van der Waals surface area contributed by atoms with Gasteiger partial charge in [0.2, 0.25) is 0 Å². The first-order valence-electron chi connectivity index (χ1n) is 7.39. The molecule has 0 unspecified atom stereocenters. The van der Waals surface area contributed by atoms with Crippen molar-refractivity contribution in [2.75, 3.05) is 6.54 Å². The second kappa shape index (κ2) is 6.75. The number of rotatable bonds is 5. The average molecular weight is 303 g/mol. The van der Waals surface area contributed by atoms with Crippen molar-refractivity contribution in [1.29, 1.82) is 0 Å². The van der Waals surface area contributed by atoms with Crippen LogP contribution in [0.25, 0.3) is 16.9 Å². The first-order chi connectivity index (χ1) is 11.3. The number of carbonyl (C=O) groups excluding carboxylic acids is 1. The molecule has 0 fully saturated rings. The van der Waals surface area contributed by atoms with Crippen molar-refractivity contribution in [2.45, 2.75) is 0 Å². The van der Waals surface area contributed by atoms with Crippen LogP contribution < -0.4 is 5.32 Å². The number of carbonyl (C=O) groups is 1. The standard InChI is InChI=1S/C19H17N3O/c1-2-13-20-19(23)18-14-17(15-9-5-3-6-10-15)21-22(18)16-11-7-4-8-12-16/h2-12,14H,1,13H2,(H,20,23). The van der Waals surface area contributed by atoms with Gasteiger partial charge in [-0.3, -0.25) is 4.79 Å². The summed E-state index contributed by atoms with van der Waals surface area (Å²) in [6, 6.07) is 21.2. The molecule has 0 saturated carbocycles. The van der Waals surface area contributed by atoms with E-state index in [0.29, 0.717) is 12.2 Å². The van der Waals surface area contributed by atoms with Crippen LogP contribution in [-0.2, 0) is 0 Å². The Balaban J connectivity index is 2.07. The van der Waals surface area contributed by atoms with E-state index in [1.54, 1.807) is 16.8 Å². The van der Waals surface area contributed by atoms with Crippen molar-refractivity contribution in [3.05, 3.63) is 85.1 Å². The van der Waals surface area contributed by atoms with Crippen molar-refractivity contribution in [1.82, 2.24) is 15.1 Å². The number of amides is 1. The molecule has 114 valence electrons. The van der Waals surface area contributed by atoms with E-state index in [1.807, 2.05) is 60.7 Å². The SMILES string of the molecule is C=CCNC(=O)c1cc(-c2ccccc2)nn1-c1ccccc1. The predicted octanol–water partition coefficient (Wildman–Crippen LogP) is 3.46. The van der Waals surface area contributed by atoms with Crippen molar-refractivity contribution < 1.29 is 4.79 Å². The molecule has 23 heavy (non-hydrogen) atoms. The highest BCUT2D eigenvalue weighted by atomic mass is 16.2. The van der Waals surface area contributed by atoms with Crippen molar-refractivity contribution in [3.8, 4) is 16.9 Å². The van der Waals surface area contributed by atoms with Crippen molar-refractivity contribution in [2.24, 2.45) is 0 Å². The molecule has 2 aromatic carbocycles. The van der Waals surface area contributed by atoms with E-state index in [9.17, 15) is 4.79 Å². The fourth-order valence-electron chi connectivity index (χ4n) is 2.31. The van der Waals surface area contributed by atoms with Crippen LogP contribution in [0, 0.1) is 0 Å². The second-order valence-corrected chi connectivity index (χ2v) is 5.03. The van der Waals surface area contributed by atoms with E-state index in [4.69, 9.17) is 0 Å². The van der Waals surface area contributed by atoms with Gasteiger partial charge in [0.15, 0.2) is 0 Å². The first-order valence-corrected chi connectivity index (χ1v) is 7.39. The van der Waals surface area contributed by atoms with E-state index >= 15 is 0 Å². The zero-order valence-electron chi connectivity index (χ0n) is 12.6. The molecule has 0 atom stereocenters. The zero-order chi connectivity index (χ0) is 16.1. The third-order valence-electron chi connectivity index (χ3n) is 3.42. The van der Waals surface area contributed by atoms with Gasteiger partial charge < -0.3 is 5.32 Å². The maximum absolute atomic E-state index is 12.4. The van der Waals surface area contributed by atoms with Crippen LogP contribution in [0.3, 0.4) is 0 Å². The molecule has 0 aliphatic rings. The van der Waals surface area contributed by atoms with Gasteiger partial charge in [0.25, 0.3) is 5.91 Å². The summed E-state index contributed by atoms with van der Waals surface area (Å²) in [6.07, 6.45) is 1.65. The molecule has 1 amide bonds. The second-order valence-electron chi connectivity index (χ2n) is 5.03. The third-order valence-corrected chi connectivity index (χ3v) is 3.42. The van der Waals surface area contributed by atoms with Crippen LogP contribution in [0.4, 0.5) is 0 Å². The molecule has 1 heterocycles. The monoisotopic (exact) mass is 303 g/mol. The summed E-state index contributed by atoms with van der Waals surface area (Å²) in [5.74, 6) is -0.177. The lowest BCUT2D eigenvalue weighted by molar-refractivity contribution is 0.0950. The Labute approximate surface area is 135 Å². The van der Waals surface area contributed by atoms with E-state index in [1.165, 1.54) is 0 Å². The summed E-state index contributed by atoms with van der Waals surface area (Å²) >= 11 is 0. The number of para-hydroxylation sites is 1. The molecule has 0 bridgehead atoms. The highest BCUT2D eigenvalue weighted by Gasteiger charge is 2.16. The molecule has 0 saturated heterocycles. The Bertz CT molecular complexity index is 807. The maximum Gasteiger partial charge on any atom is 0.270 e. The van der Waals surface area contributed by atoms with Gasteiger partial charge in [-0.1, -0.05) is 54.6 Å². The summed E-state index contributed by atoms with van der Waals surface area (Å²) in [5.41, 5.74) is 3.08. The van der Waals surface area contributed by atoms with Gasteiger partial charge in [0.1, 0.15) is 5.69 Å². The molecule has 4 heteroatoms. The number of hydrogen-bond donors (Lipinski definition) is 1. The van der Waals surface area contributed by atoms with E-state index in [-0.39, 0.29) is 5.91 Å². The van der Waals surface area contributed by atoms with E-state index < -0.39 is 0 Å². The molecular weight excluding hydrogens is 286 g/mol. The smallest absolute Gasteiger partial charge is 0.270 e. The highest BCUT2D eigenvalue weighted by molar-refractivity contribution is 5.94. The molecule has 0 radical (unpaired) electrons. The normalized spacial score (nSPS) is 10.3. The molecular formula is C19H17N3O. The van der Waals surface area contributed by atoms with Gasteiger partial charge >= 0.3 is 0 Å². The minimum Gasteiger partial charge on any atom is -0.347 e. The topological polar surface area (TPSA) is 46.9 Å². The summed E-state index contributed by atoms with van der Waals surface area (Å²) in [7, 11) is 0. The van der Waals surface area contributed by atoms with Crippen LogP contribution in [0.2, 0.25) is 0 Å². The van der Waals surface area contributed by atoms with Crippen molar-refractivity contribution in [3.63, 3.8) is 0 Å². The minimum atomic E-state index is -0.177. The van der Waals surface area contributed by atoms with Gasteiger partial charge in [-0.2, -0.15) is 5.10 Å². The maximum atomic E-state index is 12.4. The van der Waals surface area contributed by atoms with Gasteiger partial charge in [-0.05, 0) is 18.2 Å². The van der Waals surface area contributed by atoms with Crippen LogP contribution in [0.1, 0.15) is 10.5 Å². The lowest BCUT2D eigenvalue weighted by atomic mass is 10.1. The number of nitrogens with zero attached hydrogens (tertiary/aromatic N) is 2. The largest absolute Gasteiger partial charge is 0.347 e. The number of aromatic nitrogens is 2. The molecule has 4 nitrogen and oxygen atoms in total. The van der Waals surface area contributed by atoms with Crippen LogP contribution in [0.5, 0.6) is 0 Å². The van der Waals surface area contributed by atoms with Gasteiger partial charge in [0.05, 0.1) is 11.4 Å². The Hall–Kier alpha value is -3.14. The van der Waals surface area contributed by atoms with Crippen molar-refractivity contribution >= 4 is 5.91 Å². The predicted molar refractivity (Wildman–Crippen MR) is 91.5 cm³/mol. The number of nitrogens with one attached hydrogen (secondary N) is 1. The average Bonchev–Trinajstić information content (AvgIpc) is 3.07. The third kappa shape index (κ3) is 3.21. The molecule has 0 aliphatic heterocycles. The molecule has 0 spiro atoms. The lowest BCUT2D eigenvalue weighted by Crippen LogP contribution is -2.25. The molecule has 1 N–H and O–H groups in total. The van der Waals surface area contributed by atoms with Crippen LogP contribution >= 0.6 is 0 Å². The molecule has 3 rings (SSSR count). The number of hydrogen-bond acceptors (Lipinski definition) is 2. The lowest BCUT2D eigenvalue weighted by Gasteiger charge is -2.06. The molecule has 0 aliphatic carbocycles. The molecule has 3 aromatic rings. The number of benzene rings is 2. The summed E-state index contributed by atoms with van der Waals surface area (Å²) in [5, 5.41) is 7.42. The zero-order valence-corrected chi connectivity index (χ0v) is 12.6. The van der Waals surface area contributed by atoms with E-state index in [2.05, 4.69) is 17.0 Å². The quantitative estimate of drug-likeness (QED) is 0.734. The Morgan fingerprint density at radius 3 is 2.39 bits per heavy atom. The van der Waals surface area contributed by atoms with Gasteiger partial charge in [-0.15, -0.1) is 6.58 Å². The van der Waals surface area contributed by atoms with Crippen LogP contribution in [-0.4, -0.2) is 22.2 Å². The Kier molecular flexibility index (Phi) is 4.34. The fourth-order valence-corrected chi connectivity index (χ4v) is 2.31. The van der Waals surface area contributed by atoms with Gasteiger partial charge in [0, 0.05) is 12.1 Å². The summed E-state index contributed by atoms with van der Waals surface area (Å²) < 4.78 is 1.67. The van der Waals surface area contributed by atoms with E-state index in [0.717, 1.165) is 16.9 Å². The first kappa shape index (κ1) is 14.8. The summed E-state index contributed by atoms with van der Waals surface area (Å²) in [4.78, 5) is 12.4. The highest BCUT2D eigenvalue weighted by Crippen LogP contribution is 2.21. The minimum absolute atomic E-state index is 0.177. The fraction of sp³-hybridized carbons (Fsp3) is 0.0526. The Morgan fingerprint density at radius 1 is 1.09 bits per heavy atom.